The van der Waals surface area contributed by atoms with E-state index in [1.54, 1.807) is 24.4 Å². The Hall–Kier alpha value is -3.13. The molecule has 0 saturated carbocycles. The molecular weight excluding hydrogens is 379 g/mol. The van der Waals surface area contributed by atoms with Crippen molar-refractivity contribution in [2.24, 2.45) is 7.05 Å². The van der Waals surface area contributed by atoms with E-state index in [9.17, 15) is 14.0 Å². The number of carbonyl (C=O) groups is 2. The molecule has 1 aliphatic heterocycles. The van der Waals surface area contributed by atoms with Gasteiger partial charge in [0.2, 0.25) is 11.8 Å². The molecule has 0 spiro atoms. The average Bonchev–Trinajstić information content (AvgIpc) is 3.07. The maximum atomic E-state index is 13.9. The van der Waals surface area contributed by atoms with E-state index >= 15 is 0 Å². The van der Waals surface area contributed by atoms with Crippen molar-refractivity contribution in [1.29, 1.82) is 0 Å². The Morgan fingerprint density at radius 1 is 1.32 bits per heavy atom. The molecule has 8 heteroatoms. The number of imidazole rings is 1. The number of nitrogens with zero attached hydrogens (tertiary/aromatic N) is 2. The van der Waals surface area contributed by atoms with Crippen LogP contribution in [-0.4, -0.2) is 21.4 Å². The summed E-state index contributed by atoms with van der Waals surface area (Å²) in [7, 11) is 1.86. The number of para-hydroxylation sites is 1. The maximum absolute atomic E-state index is 13.9. The summed E-state index contributed by atoms with van der Waals surface area (Å²) in [5.41, 5.74) is 1.72. The molecule has 0 aliphatic carbocycles. The number of halogens is 1. The molecule has 1 aliphatic rings. The largest absolute Gasteiger partial charge is 0.329 e. The van der Waals surface area contributed by atoms with Gasteiger partial charge >= 0.3 is 0 Å². The summed E-state index contributed by atoms with van der Waals surface area (Å²) in [6.45, 7) is 0. The fourth-order valence-electron chi connectivity index (χ4n) is 3.10. The summed E-state index contributed by atoms with van der Waals surface area (Å²) in [6.07, 6.45) is 3.52. The van der Waals surface area contributed by atoms with E-state index in [-0.39, 0.29) is 18.2 Å². The summed E-state index contributed by atoms with van der Waals surface area (Å²) in [5, 5.41) is 6.28. The number of nitrogens with one attached hydrogen (secondary N) is 2. The molecule has 2 N–H and O–H groups in total. The van der Waals surface area contributed by atoms with Crippen molar-refractivity contribution in [3.8, 4) is 0 Å². The van der Waals surface area contributed by atoms with E-state index in [1.165, 1.54) is 23.9 Å². The van der Waals surface area contributed by atoms with Crippen LogP contribution in [0.3, 0.4) is 0 Å². The predicted octanol–water partition coefficient (Wildman–Crippen LogP) is 3.77. The van der Waals surface area contributed by atoms with E-state index in [0.29, 0.717) is 21.4 Å². The highest BCUT2D eigenvalue weighted by molar-refractivity contribution is 7.99. The average molecular weight is 396 g/mol. The molecule has 0 fully saturated rings. The quantitative estimate of drug-likeness (QED) is 0.704. The van der Waals surface area contributed by atoms with Crippen molar-refractivity contribution >= 4 is 35.0 Å². The van der Waals surface area contributed by atoms with Crippen LogP contribution in [0.15, 0.2) is 64.9 Å². The van der Waals surface area contributed by atoms with Crippen LogP contribution in [0.4, 0.5) is 15.8 Å². The van der Waals surface area contributed by atoms with Gasteiger partial charge in [-0.3, -0.25) is 9.59 Å². The Balaban J connectivity index is 1.62. The van der Waals surface area contributed by atoms with Gasteiger partial charge in [-0.05, 0) is 41.6 Å². The number of fused-ring (bicyclic) bond motifs is 1. The molecule has 0 bridgehead atoms. The van der Waals surface area contributed by atoms with Crippen LogP contribution >= 0.6 is 11.8 Å². The normalized spacial score (nSPS) is 15.6. The molecule has 3 aromatic rings. The van der Waals surface area contributed by atoms with Crippen LogP contribution in [0.2, 0.25) is 0 Å². The lowest BCUT2D eigenvalue weighted by molar-refractivity contribution is -0.123. The van der Waals surface area contributed by atoms with E-state index < -0.39 is 11.7 Å². The number of benzene rings is 2. The molecule has 1 aromatic heterocycles. The molecule has 6 nitrogen and oxygen atoms in total. The highest BCUT2D eigenvalue weighted by atomic mass is 32.2. The first kappa shape index (κ1) is 18.2. The van der Waals surface area contributed by atoms with E-state index in [2.05, 4.69) is 15.6 Å². The summed E-state index contributed by atoms with van der Waals surface area (Å²) in [5.74, 6) is -1.67. The number of carbonyl (C=O) groups excluding carboxylic acids is 2. The minimum absolute atomic E-state index is 0.0417. The summed E-state index contributed by atoms with van der Waals surface area (Å²) >= 11 is 1.32. The lowest BCUT2D eigenvalue weighted by atomic mass is 9.90. The van der Waals surface area contributed by atoms with Crippen LogP contribution in [0.25, 0.3) is 0 Å². The zero-order valence-corrected chi connectivity index (χ0v) is 15.8. The SMILES string of the molecule is Cn1ccnc1Sc1ccc(F)cc1NC(=O)C1CC(=O)Nc2ccccc21. The van der Waals surface area contributed by atoms with Crippen LogP contribution in [0.5, 0.6) is 0 Å². The Labute approximate surface area is 165 Å². The van der Waals surface area contributed by atoms with Crippen molar-refractivity contribution in [2.45, 2.75) is 22.4 Å². The zero-order valence-electron chi connectivity index (χ0n) is 15.0. The fourth-order valence-corrected chi connectivity index (χ4v) is 3.97. The number of aromatic nitrogens is 2. The maximum Gasteiger partial charge on any atom is 0.232 e. The number of amides is 2. The molecule has 1 unspecified atom stereocenters. The summed E-state index contributed by atoms with van der Waals surface area (Å²) in [4.78, 5) is 29.9. The lowest BCUT2D eigenvalue weighted by Crippen LogP contribution is -2.30. The molecule has 0 radical (unpaired) electrons. The third kappa shape index (κ3) is 3.63. The first-order valence-corrected chi connectivity index (χ1v) is 9.47. The topological polar surface area (TPSA) is 76.0 Å². The predicted molar refractivity (Wildman–Crippen MR) is 105 cm³/mol. The Morgan fingerprint density at radius 2 is 2.14 bits per heavy atom. The minimum atomic E-state index is -0.640. The molecule has 2 heterocycles. The molecule has 4 rings (SSSR count). The Morgan fingerprint density at radius 3 is 2.93 bits per heavy atom. The molecular formula is C20H17FN4O2S. The lowest BCUT2D eigenvalue weighted by Gasteiger charge is -2.25. The first-order valence-electron chi connectivity index (χ1n) is 8.65. The number of aryl methyl sites for hydroxylation is 1. The van der Waals surface area contributed by atoms with Gasteiger partial charge in [-0.1, -0.05) is 18.2 Å². The fraction of sp³-hybridized carbons (Fsp3) is 0.150. The second-order valence-corrected chi connectivity index (χ2v) is 7.45. The summed E-state index contributed by atoms with van der Waals surface area (Å²) < 4.78 is 15.7. The number of rotatable bonds is 4. The highest BCUT2D eigenvalue weighted by Gasteiger charge is 2.30. The minimum Gasteiger partial charge on any atom is -0.329 e. The van der Waals surface area contributed by atoms with Gasteiger partial charge in [0, 0.05) is 36.4 Å². The third-order valence-corrected chi connectivity index (χ3v) is 5.65. The molecule has 1 atom stereocenters. The van der Waals surface area contributed by atoms with Crippen LogP contribution in [0.1, 0.15) is 17.9 Å². The van der Waals surface area contributed by atoms with Crippen molar-refractivity contribution in [3.63, 3.8) is 0 Å². The second kappa shape index (κ2) is 7.47. The van der Waals surface area contributed by atoms with Gasteiger partial charge in [0.1, 0.15) is 5.82 Å². The number of hydrogen-bond acceptors (Lipinski definition) is 4. The van der Waals surface area contributed by atoms with Gasteiger partial charge in [0.05, 0.1) is 11.6 Å². The smallest absolute Gasteiger partial charge is 0.232 e. The van der Waals surface area contributed by atoms with Crippen LogP contribution in [0, 0.1) is 5.82 Å². The van der Waals surface area contributed by atoms with Crippen LogP contribution in [-0.2, 0) is 16.6 Å². The molecule has 2 amide bonds. The monoisotopic (exact) mass is 396 g/mol. The van der Waals surface area contributed by atoms with Crippen LogP contribution < -0.4 is 10.6 Å². The zero-order chi connectivity index (χ0) is 19.7. The molecule has 28 heavy (non-hydrogen) atoms. The third-order valence-electron chi connectivity index (χ3n) is 4.49. The standard InChI is InChI=1S/C20H17FN4O2S/c1-25-9-8-22-20(25)28-17-7-6-12(21)10-16(17)24-19(27)14-11-18(26)23-15-5-3-2-4-13(14)15/h2-10,14H,11H2,1H3,(H,23,26)(H,24,27). The Bertz CT molecular complexity index is 1070. The van der Waals surface area contributed by atoms with E-state index in [4.69, 9.17) is 0 Å². The van der Waals surface area contributed by atoms with E-state index in [0.717, 1.165) is 5.56 Å². The number of hydrogen-bond donors (Lipinski definition) is 2. The molecule has 0 saturated heterocycles. The van der Waals surface area contributed by atoms with Crippen molar-refractivity contribution in [3.05, 3.63) is 66.2 Å². The highest BCUT2D eigenvalue weighted by Crippen LogP contribution is 2.36. The first-order chi connectivity index (χ1) is 13.5. The molecule has 142 valence electrons. The molecule has 2 aromatic carbocycles. The van der Waals surface area contributed by atoms with Gasteiger partial charge < -0.3 is 15.2 Å². The van der Waals surface area contributed by atoms with Crippen molar-refractivity contribution < 1.29 is 14.0 Å². The van der Waals surface area contributed by atoms with Gasteiger partial charge in [-0.2, -0.15) is 0 Å². The van der Waals surface area contributed by atoms with Gasteiger partial charge in [0.15, 0.2) is 5.16 Å². The van der Waals surface area contributed by atoms with Crippen molar-refractivity contribution in [2.75, 3.05) is 10.6 Å². The van der Waals surface area contributed by atoms with E-state index in [1.807, 2.05) is 29.9 Å². The van der Waals surface area contributed by atoms with Crippen molar-refractivity contribution in [1.82, 2.24) is 9.55 Å². The van der Waals surface area contributed by atoms with Gasteiger partial charge in [-0.15, -0.1) is 0 Å². The number of anilines is 2. The summed E-state index contributed by atoms with van der Waals surface area (Å²) in [6, 6.07) is 11.4. The Kier molecular flexibility index (Phi) is 4.87. The van der Waals surface area contributed by atoms with Gasteiger partial charge in [-0.25, -0.2) is 9.37 Å². The van der Waals surface area contributed by atoms with Gasteiger partial charge in [0.25, 0.3) is 0 Å². The second-order valence-electron chi connectivity index (χ2n) is 6.44.